The molecule has 1 aromatic heterocycles. The van der Waals surface area contributed by atoms with Crippen LogP contribution in [0.2, 0.25) is 0 Å². The van der Waals surface area contributed by atoms with Gasteiger partial charge in [-0.1, -0.05) is 6.07 Å². The van der Waals surface area contributed by atoms with Gasteiger partial charge in [-0.05, 0) is 19.9 Å². The minimum Gasteiger partial charge on any atom is -0.465 e. The van der Waals surface area contributed by atoms with Crippen LogP contribution >= 0.6 is 0 Å². The SMILES string of the molecule is CC(N)c1cccnc1OC(C)C(F)(F)F. The van der Waals surface area contributed by atoms with Gasteiger partial charge in [0.15, 0.2) is 6.10 Å². The molecule has 1 heterocycles. The normalized spacial score (nSPS) is 15.6. The van der Waals surface area contributed by atoms with Gasteiger partial charge in [-0.25, -0.2) is 4.98 Å². The lowest BCUT2D eigenvalue weighted by molar-refractivity contribution is -0.190. The zero-order valence-electron chi connectivity index (χ0n) is 8.95. The lowest BCUT2D eigenvalue weighted by atomic mass is 10.1. The summed E-state index contributed by atoms with van der Waals surface area (Å²) < 4.78 is 41.6. The first kappa shape index (κ1) is 12.8. The van der Waals surface area contributed by atoms with E-state index in [2.05, 4.69) is 4.98 Å². The fraction of sp³-hybridized carbons (Fsp3) is 0.500. The monoisotopic (exact) mass is 234 g/mol. The van der Waals surface area contributed by atoms with Gasteiger partial charge in [0.25, 0.3) is 0 Å². The molecule has 0 amide bonds. The van der Waals surface area contributed by atoms with Crippen LogP contribution in [0.3, 0.4) is 0 Å². The highest BCUT2D eigenvalue weighted by molar-refractivity contribution is 5.28. The molecule has 1 aromatic rings. The summed E-state index contributed by atoms with van der Waals surface area (Å²) in [6.45, 7) is 2.59. The highest BCUT2D eigenvalue weighted by Crippen LogP contribution is 2.27. The summed E-state index contributed by atoms with van der Waals surface area (Å²) in [5.41, 5.74) is 6.06. The average Bonchev–Trinajstić information content (AvgIpc) is 2.16. The van der Waals surface area contributed by atoms with Crippen LogP contribution < -0.4 is 10.5 Å². The fourth-order valence-corrected chi connectivity index (χ4v) is 1.08. The molecule has 2 atom stereocenters. The molecule has 0 saturated heterocycles. The molecule has 0 bridgehead atoms. The molecule has 0 aliphatic heterocycles. The molecule has 0 aliphatic rings. The van der Waals surface area contributed by atoms with E-state index >= 15 is 0 Å². The summed E-state index contributed by atoms with van der Waals surface area (Å²) in [5.74, 6) is -0.0673. The van der Waals surface area contributed by atoms with Crippen molar-refractivity contribution < 1.29 is 17.9 Å². The number of nitrogens with two attached hydrogens (primary N) is 1. The van der Waals surface area contributed by atoms with Gasteiger partial charge in [0.05, 0.1) is 0 Å². The topological polar surface area (TPSA) is 48.1 Å². The Morgan fingerprint density at radius 1 is 1.38 bits per heavy atom. The number of halogens is 3. The summed E-state index contributed by atoms with van der Waals surface area (Å²) in [6.07, 6.45) is -4.95. The zero-order valence-corrected chi connectivity index (χ0v) is 8.95. The smallest absolute Gasteiger partial charge is 0.425 e. The Hall–Kier alpha value is -1.30. The zero-order chi connectivity index (χ0) is 12.3. The summed E-state index contributed by atoms with van der Waals surface area (Å²) in [4.78, 5) is 3.75. The van der Waals surface area contributed by atoms with Crippen LogP contribution in [0, 0.1) is 0 Å². The third-order valence-corrected chi connectivity index (χ3v) is 2.04. The molecule has 0 saturated carbocycles. The summed E-state index contributed by atoms with van der Waals surface area (Å²) in [5, 5.41) is 0. The first-order chi connectivity index (χ1) is 7.32. The molecule has 2 unspecified atom stereocenters. The highest BCUT2D eigenvalue weighted by Gasteiger charge is 2.38. The van der Waals surface area contributed by atoms with E-state index in [1.54, 1.807) is 19.1 Å². The Labute approximate surface area is 91.4 Å². The second-order valence-corrected chi connectivity index (χ2v) is 3.49. The van der Waals surface area contributed by atoms with Crippen LogP contribution in [0.15, 0.2) is 18.3 Å². The minimum absolute atomic E-state index is 0.0673. The van der Waals surface area contributed by atoms with Crippen molar-refractivity contribution in [3.05, 3.63) is 23.9 Å². The number of ether oxygens (including phenoxy) is 1. The van der Waals surface area contributed by atoms with Gasteiger partial charge in [-0.15, -0.1) is 0 Å². The second kappa shape index (κ2) is 4.69. The Kier molecular flexibility index (Phi) is 3.74. The quantitative estimate of drug-likeness (QED) is 0.873. The molecular weight excluding hydrogens is 221 g/mol. The molecule has 0 spiro atoms. The fourth-order valence-electron chi connectivity index (χ4n) is 1.08. The summed E-state index contributed by atoms with van der Waals surface area (Å²) >= 11 is 0. The minimum atomic E-state index is -4.41. The molecular formula is C10H13F3N2O. The van der Waals surface area contributed by atoms with Crippen LogP contribution in [-0.4, -0.2) is 17.3 Å². The first-order valence-electron chi connectivity index (χ1n) is 4.76. The van der Waals surface area contributed by atoms with Gasteiger partial charge in [-0.2, -0.15) is 13.2 Å². The molecule has 16 heavy (non-hydrogen) atoms. The van der Waals surface area contributed by atoms with Crippen molar-refractivity contribution in [3.63, 3.8) is 0 Å². The Morgan fingerprint density at radius 3 is 2.50 bits per heavy atom. The van der Waals surface area contributed by atoms with Gasteiger partial charge < -0.3 is 10.5 Å². The maximum atomic E-state index is 12.3. The predicted molar refractivity (Wildman–Crippen MR) is 53.0 cm³/mol. The summed E-state index contributed by atoms with van der Waals surface area (Å²) in [7, 11) is 0. The molecule has 6 heteroatoms. The van der Waals surface area contributed by atoms with Crippen LogP contribution in [0.25, 0.3) is 0 Å². The average molecular weight is 234 g/mol. The second-order valence-electron chi connectivity index (χ2n) is 3.49. The van der Waals surface area contributed by atoms with E-state index in [-0.39, 0.29) is 5.88 Å². The van der Waals surface area contributed by atoms with Gasteiger partial charge in [-0.3, -0.25) is 0 Å². The van der Waals surface area contributed by atoms with Crippen molar-refractivity contribution in [2.75, 3.05) is 0 Å². The van der Waals surface area contributed by atoms with E-state index in [0.717, 1.165) is 6.92 Å². The molecule has 0 aromatic carbocycles. The van der Waals surface area contributed by atoms with Gasteiger partial charge in [0.1, 0.15) is 0 Å². The molecule has 0 radical (unpaired) electrons. The summed E-state index contributed by atoms with van der Waals surface area (Å²) in [6, 6.07) is 2.77. The van der Waals surface area contributed by atoms with E-state index in [9.17, 15) is 13.2 Å². The molecule has 0 fully saturated rings. The highest BCUT2D eigenvalue weighted by atomic mass is 19.4. The van der Waals surface area contributed by atoms with E-state index < -0.39 is 18.3 Å². The lowest BCUT2D eigenvalue weighted by Gasteiger charge is -2.19. The predicted octanol–water partition coefficient (Wildman–Crippen LogP) is 2.43. The maximum absolute atomic E-state index is 12.3. The Bertz CT molecular complexity index is 352. The largest absolute Gasteiger partial charge is 0.465 e. The van der Waals surface area contributed by atoms with Gasteiger partial charge >= 0.3 is 6.18 Å². The number of nitrogens with zero attached hydrogens (tertiary/aromatic N) is 1. The van der Waals surface area contributed by atoms with E-state index in [1.807, 2.05) is 0 Å². The standard InChI is InChI=1S/C10H13F3N2O/c1-6(14)8-4-3-5-15-9(8)16-7(2)10(11,12)13/h3-7H,14H2,1-2H3. The number of hydrogen-bond acceptors (Lipinski definition) is 3. The molecule has 90 valence electrons. The van der Waals surface area contributed by atoms with Crippen molar-refractivity contribution in [3.8, 4) is 5.88 Å². The van der Waals surface area contributed by atoms with E-state index in [0.29, 0.717) is 5.56 Å². The Balaban J connectivity index is 2.89. The molecule has 1 rings (SSSR count). The van der Waals surface area contributed by atoms with Crippen molar-refractivity contribution in [2.24, 2.45) is 5.73 Å². The van der Waals surface area contributed by atoms with E-state index in [4.69, 9.17) is 10.5 Å². The first-order valence-corrected chi connectivity index (χ1v) is 4.76. The Morgan fingerprint density at radius 2 is 2.00 bits per heavy atom. The number of rotatable bonds is 3. The number of pyridine rings is 1. The van der Waals surface area contributed by atoms with Crippen LogP contribution in [0.4, 0.5) is 13.2 Å². The van der Waals surface area contributed by atoms with Crippen LogP contribution in [-0.2, 0) is 0 Å². The van der Waals surface area contributed by atoms with Crippen molar-refractivity contribution in [1.82, 2.24) is 4.98 Å². The number of alkyl halides is 3. The van der Waals surface area contributed by atoms with Crippen LogP contribution in [0.1, 0.15) is 25.5 Å². The van der Waals surface area contributed by atoms with E-state index in [1.165, 1.54) is 6.20 Å². The van der Waals surface area contributed by atoms with Crippen molar-refractivity contribution >= 4 is 0 Å². The third kappa shape index (κ3) is 3.10. The van der Waals surface area contributed by atoms with Crippen molar-refractivity contribution in [2.45, 2.75) is 32.2 Å². The number of hydrogen-bond donors (Lipinski definition) is 1. The van der Waals surface area contributed by atoms with Gasteiger partial charge in [0, 0.05) is 17.8 Å². The number of aromatic nitrogens is 1. The molecule has 0 aliphatic carbocycles. The maximum Gasteiger partial charge on any atom is 0.425 e. The van der Waals surface area contributed by atoms with Gasteiger partial charge in [0.2, 0.25) is 5.88 Å². The molecule has 2 N–H and O–H groups in total. The lowest BCUT2D eigenvalue weighted by Crippen LogP contribution is -2.32. The molecule has 3 nitrogen and oxygen atoms in total. The third-order valence-electron chi connectivity index (χ3n) is 2.04. The van der Waals surface area contributed by atoms with Crippen LogP contribution in [0.5, 0.6) is 5.88 Å². The van der Waals surface area contributed by atoms with Crippen molar-refractivity contribution in [1.29, 1.82) is 0 Å².